The Labute approximate surface area is 115 Å². The maximum atomic E-state index is 4.41. The normalized spacial score (nSPS) is 12.4. The first-order chi connectivity index (χ1) is 9.22. The maximum Gasteiger partial charge on any atom is 0.149 e. The summed E-state index contributed by atoms with van der Waals surface area (Å²) < 4.78 is 0. The van der Waals surface area contributed by atoms with Crippen LogP contribution in [0.25, 0.3) is 0 Å². The smallest absolute Gasteiger partial charge is 0.149 e. The highest BCUT2D eigenvalue weighted by Gasteiger charge is 2.17. The Hall–Kier alpha value is -1.74. The summed E-state index contributed by atoms with van der Waals surface area (Å²) in [6.07, 6.45) is 4.69. The van der Waals surface area contributed by atoms with Crippen molar-refractivity contribution in [2.75, 3.05) is 6.54 Å². The molecule has 0 saturated carbocycles. The van der Waals surface area contributed by atoms with E-state index in [2.05, 4.69) is 54.3 Å². The molecule has 0 aliphatic carbocycles. The minimum atomic E-state index is 0.0704. The van der Waals surface area contributed by atoms with Crippen LogP contribution < -0.4 is 5.32 Å². The molecule has 19 heavy (non-hydrogen) atoms. The first-order valence-electron chi connectivity index (χ1n) is 6.79. The average Bonchev–Trinajstić information content (AvgIpc) is 2.44. The van der Waals surface area contributed by atoms with Gasteiger partial charge in [0.05, 0.1) is 6.04 Å². The van der Waals surface area contributed by atoms with Crippen molar-refractivity contribution in [3.8, 4) is 0 Å². The van der Waals surface area contributed by atoms with Gasteiger partial charge in [0.2, 0.25) is 0 Å². The zero-order valence-electron chi connectivity index (χ0n) is 11.9. The first-order valence-corrected chi connectivity index (χ1v) is 6.79. The summed E-state index contributed by atoms with van der Waals surface area (Å²) >= 11 is 0. The predicted octanol–water partition coefficient (Wildman–Crippen LogP) is 3.18. The number of hydrogen-bond acceptors (Lipinski definition) is 3. The number of nitrogens with zero attached hydrogens (tertiary/aromatic N) is 2. The Kier molecular flexibility index (Phi) is 4.63. The van der Waals surface area contributed by atoms with E-state index in [-0.39, 0.29) is 6.04 Å². The topological polar surface area (TPSA) is 37.8 Å². The molecule has 0 bridgehead atoms. The Balaban J connectivity index is 2.40. The van der Waals surface area contributed by atoms with Gasteiger partial charge in [0.25, 0.3) is 0 Å². The van der Waals surface area contributed by atoms with Gasteiger partial charge in [-0.15, -0.1) is 0 Å². The highest BCUT2D eigenvalue weighted by molar-refractivity contribution is 5.35. The van der Waals surface area contributed by atoms with Crippen LogP contribution in [0.4, 0.5) is 0 Å². The number of aromatic nitrogens is 2. The van der Waals surface area contributed by atoms with Crippen molar-refractivity contribution in [3.05, 3.63) is 59.2 Å². The molecule has 0 fully saturated rings. The average molecular weight is 255 g/mol. The van der Waals surface area contributed by atoms with Gasteiger partial charge >= 0.3 is 0 Å². The molecule has 0 saturated heterocycles. The Bertz CT molecular complexity index is 523. The van der Waals surface area contributed by atoms with Gasteiger partial charge in [0, 0.05) is 12.4 Å². The molecule has 3 nitrogen and oxygen atoms in total. The van der Waals surface area contributed by atoms with E-state index < -0.39 is 0 Å². The number of benzene rings is 1. The van der Waals surface area contributed by atoms with Crippen LogP contribution in [0.2, 0.25) is 0 Å². The second-order valence-electron chi connectivity index (χ2n) is 4.85. The number of hydrogen-bond donors (Lipinski definition) is 1. The molecule has 0 amide bonds. The van der Waals surface area contributed by atoms with E-state index in [0.29, 0.717) is 0 Å². The van der Waals surface area contributed by atoms with Crippen LogP contribution >= 0.6 is 0 Å². The molecule has 1 heterocycles. The highest BCUT2D eigenvalue weighted by Crippen LogP contribution is 2.23. The van der Waals surface area contributed by atoms with E-state index in [1.807, 2.05) is 6.07 Å². The second-order valence-corrected chi connectivity index (χ2v) is 4.85. The molecule has 0 radical (unpaired) electrons. The first kappa shape index (κ1) is 13.7. The SMILES string of the molecule is CCCNC(c1ncccn1)c1cc(C)ccc1C. The Morgan fingerprint density at radius 3 is 2.58 bits per heavy atom. The van der Waals surface area contributed by atoms with Crippen LogP contribution in [-0.4, -0.2) is 16.5 Å². The maximum absolute atomic E-state index is 4.41. The monoisotopic (exact) mass is 255 g/mol. The fourth-order valence-corrected chi connectivity index (χ4v) is 2.16. The predicted molar refractivity (Wildman–Crippen MR) is 78.1 cm³/mol. The molecule has 0 spiro atoms. The van der Waals surface area contributed by atoms with Crippen molar-refractivity contribution in [1.82, 2.24) is 15.3 Å². The van der Waals surface area contributed by atoms with Gasteiger partial charge in [-0.25, -0.2) is 9.97 Å². The van der Waals surface area contributed by atoms with E-state index in [9.17, 15) is 0 Å². The molecule has 0 aliphatic heterocycles. The van der Waals surface area contributed by atoms with Crippen molar-refractivity contribution in [3.63, 3.8) is 0 Å². The van der Waals surface area contributed by atoms with Crippen molar-refractivity contribution in [2.24, 2.45) is 0 Å². The van der Waals surface area contributed by atoms with Gasteiger partial charge < -0.3 is 5.32 Å². The zero-order valence-corrected chi connectivity index (χ0v) is 11.9. The zero-order chi connectivity index (χ0) is 13.7. The summed E-state index contributed by atoms with van der Waals surface area (Å²) in [6.45, 7) is 7.37. The van der Waals surface area contributed by atoms with E-state index in [4.69, 9.17) is 0 Å². The summed E-state index contributed by atoms with van der Waals surface area (Å²) in [6, 6.07) is 8.44. The van der Waals surface area contributed by atoms with Gasteiger partial charge in [0.1, 0.15) is 5.82 Å². The summed E-state index contributed by atoms with van der Waals surface area (Å²) in [5.41, 5.74) is 3.80. The molecule has 0 aliphatic rings. The number of nitrogens with one attached hydrogen (secondary N) is 1. The van der Waals surface area contributed by atoms with Gasteiger partial charge in [0.15, 0.2) is 0 Å². The van der Waals surface area contributed by atoms with E-state index >= 15 is 0 Å². The summed E-state index contributed by atoms with van der Waals surface area (Å²) in [5.74, 6) is 0.838. The largest absolute Gasteiger partial charge is 0.304 e. The minimum absolute atomic E-state index is 0.0704. The minimum Gasteiger partial charge on any atom is -0.304 e. The third-order valence-electron chi connectivity index (χ3n) is 3.19. The van der Waals surface area contributed by atoms with Crippen molar-refractivity contribution in [1.29, 1.82) is 0 Å². The Morgan fingerprint density at radius 1 is 1.16 bits per heavy atom. The van der Waals surface area contributed by atoms with Crippen LogP contribution in [0.15, 0.2) is 36.7 Å². The quantitative estimate of drug-likeness (QED) is 0.891. The van der Waals surface area contributed by atoms with Gasteiger partial charge in [-0.3, -0.25) is 0 Å². The molecule has 2 aromatic rings. The molecule has 1 N–H and O–H groups in total. The number of aryl methyl sites for hydroxylation is 2. The van der Waals surface area contributed by atoms with Gasteiger partial charge in [-0.2, -0.15) is 0 Å². The summed E-state index contributed by atoms with van der Waals surface area (Å²) in [4.78, 5) is 8.81. The van der Waals surface area contributed by atoms with Crippen molar-refractivity contribution >= 4 is 0 Å². The van der Waals surface area contributed by atoms with Gasteiger partial charge in [-0.1, -0.05) is 30.7 Å². The molecule has 1 aromatic carbocycles. The lowest BCUT2D eigenvalue weighted by Crippen LogP contribution is -2.25. The molecular formula is C16H21N3. The molecule has 1 unspecified atom stereocenters. The van der Waals surface area contributed by atoms with E-state index in [1.165, 1.54) is 16.7 Å². The lowest BCUT2D eigenvalue weighted by Gasteiger charge is -2.20. The van der Waals surface area contributed by atoms with Gasteiger partial charge in [-0.05, 0) is 44.0 Å². The van der Waals surface area contributed by atoms with E-state index in [0.717, 1.165) is 18.8 Å². The highest BCUT2D eigenvalue weighted by atomic mass is 15.0. The van der Waals surface area contributed by atoms with E-state index in [1.54, 1.807) is 12.4 Å². The molecule has 3 heteroatoms. The van der Waals surface area contributed by atoms with Crippen molar-refractivity contribution < 1.29 is 0 Å². The van der Waals surface area contributed by atoms with Crippen LogP contribution in [0.5, 0.6) is 0 Å². The lowest BCUT2D eigenvalue weighted by atomic mass is 9.98. The molecular weight excluding hydrogens is 234 g/mol. The van der Waals surface area contributed by atoms with Crippen LogP contribution in [0.3, 0.4) is 0 Å². The van der Waals surface area contributed by atoms with Crippen LogP contribution in [-0.2, 0) is 0 Å². The third kappa shape index (κ3) is 3.38. The molecule has 1 atom stereocenters. The molecule has 100 valence electrons. The summed E-state index contributed by atoms with van der Waals surface area (Å²) in [5, 5.41) is 3.55. The fraction of sp³-hybridized carbons (Fsp3) is 0.375. The standard InChI is InChI=1S/C16H21N3/c1-4-8-17-15(16-18-9-5-10-19-16)14-11-12(2)6-7-13(14)3/h5-7,9-11,15,17H,4,8H2,1-3H3. The van der Waals surface area contributed by atoms with Crippen LogP contribution in [0, 0.1) is 13.8 Å². The van der Waals surface area contributed by atoms with Crippen molar-refractivity contribution in [2.45, 2.75) is 33.2 Å². The van der Waals surface area contributed by atoms with Crippen LogP contribution in [0.1, 0.15) is 41.9 Å². The molecule has 2 rings (SSSR count). The second kappa shape index (κ2) is 6.43. The summed E-state index contributed by atoms with van der Waals surface area (Å²) in [7, 11) is 0. The molecule has 1 aromatic heterocycles. The fourth-order valence-electron chi connectivity index (χ4n) is 2.16. The number of rotatable bonds is 5. The Morgan fingerprint density at radius 2 is 1.89 bits per heavy atom. The lowest BCUT2D eigenvalue weighted by molar-refractivity contribution is 0.569. The third-order valence-corrected chi connectivity index (χ3v) is 3.19.